The lowest BCUT2D eigenvalue weighted by atomic mass is 10.0. The van der Waals surface area contributed by atoms with E-state index in [-0.39, 0.29) is 17.7 Å². The van der Waals surface area contributed by atoms with E-state index < -0.39 is 17.9 Å². The molecule has 0 saturated heterocycles. The van der Waals surface area contributed by atoms with Gasteiger partial charge in [0, 0.05) is 29.1 Å². The van der Waals surface area contributed by atoms with Gasteiger partial charge in [0.05, 0.1) is 0 Å². The van der Waals surface area contributed by atoms with Gasteiger partial charge >= 0.3 is 5.97 Å². The van der Waals surface area contributed by atoms with Crippen molar-refractivity contribution in [2.75, 3.05) is 0 Å². The highest BCUT2D eigenvalue weighted by atomic mass is 16.4. The van der Waals surface area contributed by atoms with E-state index in [0.717, 1.165) is 16.5 Å². The minimum absolute atomic E-state index is 0.0499. The lowest BCUT2D eigenvalue weighted by Gasteiger charge is -2.14. The molecule has 24 heavy (non-hydrogen) atoms. The molecule has 0 fully saturated rings. The van der Waals surface area contributed by atoms with E-state index in [1.165, 1.54) is 24.3 Å². The number of hydrogen-bond acceptors (Lipinski definition) is 3. The zero-order valence-electron chi connectivity index (χ0n) is 12.7. The van der Waals surface area contributed by atoms with Gasteiger partial charge in [-0.15, -0.1) is 0 Å². The van der Waals surface area contributed by atoms with Crippen LogP contribution in [0.25, 0.3) is 10.9 Å². The predicted molar refractivity (Wildman–Crippen MR) is 89.0 cm³/mol. The third-order valence-electron chi connectivity index (χ3n) is 3.81. The number of aromatic nitrogens is 1. The summed E-state index contributed by atoms with van der Waals surface area (Å²) in [4.78, 5) is 26.8. The van der Waals surface area contributed by atoms with Crippen LogP contribution < -0.4 is 5.32 Å². The molecule has 1 aromatic heterocycles. The normalized spacial score (nSPS) is 12.0. The van der Waals surface area contributed by atoms with E-state index in [9.17, 15) is 19.8 Å². The second-order valence-electron chi connectivity index (χ2n) is 5.48. The number of carboxylic acids is 1. The van der Waals surface area contributed by atoms with Crippen LogP contribution in [0.1, 0.15) is 15.9 Å². The van der Waals surface area contributed by atoms with Gasteiger partial charge in [-0.1, -0.05) is 24.3 Å². The highest BCUT2D eigenvalue weighted by molar-refractivity contribution is 5.97. The molecule has 0 radical (unpaired) electrons. The zero-order chi connectivity index (χ0) is 17.1. The lowest BCUT2D eigenvalue weighted by Crippen LogP contribution is -2.42. The minimum Gasteiger partial charge on any atom is -0.508 e. The average Bonchev–Trinajstić information content (AvgIpc) is 2.97. The number of phenols is 1. The van der Waals surface area contributed by atoms with Crippen molar-refractivity contribution in [1.82, 2.24) is 10.3 Å². The van der Waals surface area contributed by atoms with Crippen LogP contribution in [-0.4, -0.2) is 33.1 Å². The summed E-state index contributed by atoms with van der Waals surface area (Å²) in [6.45, 7) is 0. The highest BCUT2D eigenvalue weighted by Gasteiger charge is 2.22. The minimum atomic E-state index is -1.12. The molecule has 0 unspecified atom stereocenters. The van der Waals surface area contributed by atoms with Crippen molar-refractivity contribution < 1.29 is 19.8 Å². The molecule has 1 atom stereocenters. The number of phenolic OH excluding ortho intramolecular Hbond substituents is 1. The third kappa shape index (κ3) is 3.22. The van der Waals surface area contributed by atoms with Crippen LogP contribution in [-0.2, 0) is 11.2 Å². The van der Waals surface area contributed by atoms with Crippen LogP contribution in [0.2, 0.25) is 0 Å². The second-order valence-corrected chi connectivity index (χ2v) is 5.48. The lowest BCUT2D eigenvalue weighted by molar-refractivity contribution is -0.139. The molecule has 2 aromatic carbocycles. The molecule has 4 N–H and O–H groups in total. The highest BCUT2D eigenvalue weighted by Crippen LogP contribution is 2.19. The first-order valence-corrected chi connectivity index (χ1v) is 7.42. The Morgan fingerprint density at radius 2 is 1.92 bits per heavy atom. The van der Waals surface area contributed by atoms with Crippen molar-refractivity contribution in [3.05, 3.63) is 65.9 Å². The van der Waals surface area contributed by atoms with Gasteiger partial charge in [0.1, 0.15) is 11.8 Å². The quantitative estimate of drug-likeness (QED) is 0.578. The number of H-pyrrole nitrogens is 1. The van der Waals surface area contributed by atoms with Crippen LogP contribution in [0.5, 0.6) is 5.75 Å². The van der Waals surface area contributed by atoms with E-state index in [1.54, 1.807) is 6.20 Å². The number of fused-ring (bicyclic) bond motifs is 1. The number of aliphatic carboxylic acids is 1. The molecule has 3 aromatic rings. The van der Waals surface area contributed by atoms with Crippen molar-refractivity contribution in [1.29, 1.82) is 0 Å². The second kappa shape index (κ2) is 6.45. The van der Waals surface area contributed by atoms with Gasteiger partial charge in [0.15, 0.2) is 0 Å². The van der Waals surface area contributed by atoms with Crippen LogP contribution in [0.4, 0.5) is 0 Å². The number of aromatic hydroxyl groups is 1. The van der Waals surface area contributed by atoms with Crippen molar-refractivity contribution >= 4 is 22.8 Å². The fourth-order valence-electron chi connectivity index (χ4n) is 2.61. The summed E-state index contributed by atoms with van der Waals surface area (Å²) in [7, 11) is 0. The summed E-state index contributed by atoms with van der Waals surface area (Å²) in [5.74, 6) is -1.71. The molecule has 3 rings (SSSR count). The van der Waals surface area contributed by atoms with Crippen LogP contribution >= 0.6 is 0 Å². The number of aromatic amines is 1. The molecule has 0 spiro atoms. The number of carboxylic acid groups (broad SMARTS) is 1. The van der Waals surface area contributed by atoms with Gasteiger partial charge in [0.25, 0.3) is 5.91 Å². The number of para-hydroxylation sites is 1. The molecule has 0 aliphatic heterocycles. The number of carbonyl (C=O) groups is 2. The Morgan fingerprint density at radius 3 is 2.67 bits per heavy atom. The standard InChI is InChI=1S/C18H16N2O4/c21-13-5-3-4-11(8-13)17(22)20-16(18(23)24)9-12-10-19-15-7-2-1-6-14(12)15/h1-8,10,16,19,21H,9H2,(H,20,22)(H,23,24)/t16-/m0/s1. The first kappa shape index (κ1) is 15.6. The summed E-state index contributed by atoms with van der Waals surface area (Å²) in [6, 6.07) is 12.3. The summed E-state index contributed by atoms with van der Waals surface area (Å²) < 4.78 is 0. The number of carbonyl (C=O) groups excluding carboxylic acids is 1. The Kier molecular flexibility index (Phi) is 4.20. The monoisotopic (exact) mass is 324 g/mol. The molecule has 1 amide bonds. The summed E-state index contributed by atoms with van der Waals surface area (Å²) >= 11 is 0. The molecule has 0 bridgehead atoms. The number of nitrogens with one attached hydrogen (secondary N) is 2. The Balaban J connectivity index is 1.80. The molecular formula is C18H16N2O4. The van der Waals surface area contributed by atoms with Gasteiger partial charge in [0.2, 0.25) is 0 Å². The number of rotatable bonds is 5. The topological polar surface area (TPSA) is 102 Å². The summed E-state index contributed by atoms with van der Waals surface area (Å²) in [6.07, 6.45) is 1.91. The molecule has 1 heterocycles. The molecule has 0 aliphatic rings. The molecule has 6 heteroatoms. The summed E-state index contributed by atoms with van der Waals surface area (Å²) in [5.41, 5.74) is 1.94. The van der Waals surface area contributed by atoms with Crippen LogP contribution in [0.3, 0.4) is 0 Å². The van der Waals surface area contributed by atoms with Crippen molar-refractivity contribution in [2.45, 2.75) is 12.5 Å². The van der Waals surface area contributed by atoms with Gasteiger partial charge in [-0.2, -0.15) is 0 Å². The number of benzene rings is 2. The first-order chi connectivity index (χ1) is 11.5. The Hall–Kier alpha value is -3.28. The van der Waals surface area contributed by atoms with Crippen molar-refractivity contribution in [2.24, 2.45) is 0 Å². The SMILES string of the molecule is O=C(N[C@@H](Cc1c[nH]c2ccccc12)C(=O)O)c1cccc(O)c1. The zero-order valence-corrected chi connectivity index (χ0v) is 12.7. The molecule has 0 saturated carbocycles. The van der Waals surface area contributed by atoms with E-state index in [2.05, 4.69) is 10.3 Å². The fourth-order valence-corrected chi connectivity index (χ4v) is 2.61. The van der Waals surface area contributed by atoms with E-state index >= 15 is 0 Å². The van der Waals surface area contributed by atoms with Gasteiger partial charge in [-0.3, -0.25) is 4.79 Å². The first-order valence-electron chi connectivity index (χ1n) is 7.42. The summed E-state index contributed by atoms with van der Waals surface area (Å²) in [5, 5.41) is 22.3. The average molecular weight is 324 g/mol. The Morgan fingerprint density at radius 1 is 1.12 bits per heavy atom. The van der Waals surface area contributed by atoms with Crippen molar-refractivity contribution in [3.63, 3.8) is 0 Å². The van der Waals surface area contributed by atoms with E-state index in [0.29, 0.717) is 0 Å². The molecule has 0 aliphatic carbocycles. The van der Waals surface area contributed by atoms with E-state index in [1.807, 2.05) is 24.3 Å². The smallest absolute Gasteiger partial charge is 0.326 e. The molecular weight excluding hydrogens is 308 g/mol. The van der Waals surface area contributed by atoms with Gasteiger partial charge in [-0.05, 0) is 29.8 Å². The molecule has 6 nitrogen and oxygen atoms in total. The predicted octanol–water partition coefficient (Wildman–Crippen LogP) is 2.30. The number of hydrogen-bond donors (Lipinski definition) is 4. The van der Waals surface area contributed by atoms with Crippen molar-refractivity contribution in [3.8, 4) is 5.75 Å². The van der Waals surface area contributed by atoms with E-state index in [4.69, 9.17) is 0 Å². The Bertz CT molecular complexity index is 901. The van der Waals surface area contributed by atoms with Crippen LogP contribution in [0.15, 0.2) is 54.7 Å². The van der Waals surface area contributed by atoms with Gasteiger partial charge in [-0.25, -0.2) is 4.79 Å². The maximum atomic E-state index is 12.2. The maximum Gasteiger partial charge on any atom is 0.326 e. The molecule has 122 valence electrons. The van der Waals surface area contributed by atoms with Crippen LogP contribution in [0, 0.1) is 0 Å². The van der Waals surface area contributed by atoms with Gasteiger partial charge < -0.3 is 20.5 Å². The third-order valence-corrected chi connectivity index (χ3v) is 3.81. The number of amides is 1. The largest absolute Gasteiger partial charge is 0.508 e. The maximum absolute atomic E-state index is 12.2. The Labute approximate surface area is 137 Å². The fraction of sp³-hybridized carbons (Fsp3) is 0.111.